The Morgan fingerprint density at radius 1 is 1.30 bits per heavy atom. The SMILES string of the molecule is Cc1nc(CCNc2ccc(N)c3ncccc23)no1. The highest BCUT2D eigenvalue weighted by Crippen LogP contribution is 2.26. The maximum Gasteiger partial charge on any atom is 0.223 e. The zero-order chi connectivity index (χ0) is 13.9. The van der Waals surface area contributed by atoms with Gasteiger partial charge in [-0.1, -0.05) is 5.16 Å². The summed E-state index contributed by atoms with van der Waals surface area (Å²) in [6.45, 7) is 2.50. The molecule has 2 heterocycles. The lowest BCUT2D eigenvalue weighted by Gasteiger charge is -2.09. The Bertz CT molecular complexity index is 737. The van der Waals surface area contributed by atoms with Crippen LogP contribution in [0, 0.1) is 6.92 Å². The molecule has 3 N–H and O–H groups in total. The number of hydrogen-bond donors (Lipinski definition) is 2. The summed E-state index contributed by atoms with van der Waals surface area (Å²) >= 11 is 0. The van der Waals surface area contributed by atoms with Gasteiger partial charge in [0.1, 0.15) is 0 Å². The molecule has 0 atom stereocenters. The van der Waals surface area contributed by atoms with E-state index in [4.69, 9.17) is 10.3 Å². The van der Waals surface area contributed by atoms with Crippen LogP contribution < -0.4 is 11.1 Å². The number of fused-ring (bicyclic) bond motifs is 1. The van der Waals surface area contributed by atoms with E-state index in [2.05, 4.69) is 20.4 Å². The van der Waals surface area contributed by atoms with Crippen molar-refractivity contribution in [3.05, 3.63) is 42.2 Å². The van der Waals surface area contributed by atoms with Gasteiger partial charge in [-0.15, -0.1) is 0 Å². The van der Waals surface area contributed by atoms with Gasteiger partial charge in [-0.3, -0.25) is 4.98 Å². The zero-order valence-corrected chi connectivity index (χ0v) is 11.1. The second kappa shape index (κ2) is 5.16. The molecule has 6 nitrogen and oxygen atoms in total. The zero-order valence-electron chi connectivity index (χ0n) is 11.1. The van der Waals surface area contributed by atoms with Gasteiger partial charge in [-0.05, 0) is 24.3 Å². The Labute approximate surface area is 116 Å². The van der Waals surface area contributed by atoms with E-state index >= 15 is 0 Å². The van der Waals surface area contributed by atoms with Crippen LogP contribution in [-0.4, -0.2) is 21.7 Å². The van der Waals surface area contributed by atoms with Gasteiger partial charge in [0.15, 0.2) is 5.82 Å². The number of pyridine rings is 1. The van der Waals surface area contributed by atoms with E-state index in [-0.39, 0.29) is 0 Å². The number of benzene rings is 1. The summed E-state index contributed by atoms with van der Waals surface area (Å²) in [5, 5.41) is 8.23. The number of anilines is 2. The van der Waals surface area contributed by atoms with Gasteiger partial charge in [-0.25, -0.2) is 0 Å². The summed E-state index contributed by atoms with van der Waals surface area (Å²) < 4.78 is 4.94. The molecule has 0 saturated carbocycles. The second-order valence-corrected chi connectivity index (χ2v) is 4.51. The summed E-state index contributed by atoms with van der Waals surface area (Å²) in [7, 11) is 0. The molecule has 0 aliphatic rings. The highest BCUT2D eigenvalue weighted by atomic mass is 16.5. The molecule has 3 aromatic rings. The van der Waals surface area contributed by atoms with E-state index in [1.807, 2.05) is 24.3 Å². The van der Waals surface area contributed by atoms with E-state index in [1.54, 1.807) is 13.1 Å². The predicted octanol–water partition coefficient (Wildman–Crippen LogP) is 2.16. The van der Waals surface area contributed by atoms with Crippen molar-refractivity contribution < 1.29 is 4.52 Å². The van der Waals surface area contributed by atoms with E-state index < -0.39 is 0 Å². The number of nitrogen functional groups attached to an aromatic ring is 1. The van der Waals surface area contributed by atoms with Crippen LogP contribution in [0.2, 0.25) is 0 Å². The monoisotopic (exact) mass is 269 g/mol. The molecule has 0 radical (unpaired) electrons. The third-order valence-corrected chi connectivity index (χ3v) is 3.03. The summed E-state index contributed by atoms with van der Waals surface area (Å²) in [6, 6.07) is 7.71. The van der Waals surface area contributed by atoms with Crippen molar-refractivity contribution in [1.29, 1.82) is 0 Å². The van der Waals surface area contributed by atoms with E-state index in [9.17, 15) is 0 Å². The molecule has 0 saturated heterocycles. The summed E-state index contributed by atoms with van der Waals surface area (Å²) in [5.41, 5.74) is 8.42. The number of aromatic nitrogens is 3. The molecule has 0 spiro atoms. The van der Waals surface area contributed by atoms with Crippen LogP contribution in [-0.2, 0) is 6.42 Å². The third kappa shape index (κ3) is 2.40. The molecule has 0 aliphatic carbocycles. The Morgan fingerprint density at radius 2 is 2.20 bits per heavy atom. The van der Waals surface area contributed by atoms with Crippen molar-refractivity contribution in [3.63, 3.8) is 0 Å². The van der Waals surface area contributed by atoms with Gasteiger partial charge in [0.2, 0.25) is 5.89 Å². The number of nitrogens with zero attached hydrogens (tertiary/aromatic N) is 3. The van der Waals surface area contributed by atoms with Crippen molar-refractivity contribution >= 4 is 22.3 Å². The van der Waals surface area contributed by atoms with E-state index in [0.29, 0.717) is 30.4 Å². The number of nitrogens with two attached hydrogens (primary N) is 1. The largest absolute Gasteiger partial charge is 0.397 e. The molecule has 2 aromatic heterocycles. The topological polar surface area (TPSA) is 89.9 Å². The first kappa shape index (κ1) is 12.4. The molecule has 0 bridgehead atoms. The molecule has 102 valence electrons. The fraction of sp³-hybridized carbons (Fsp3) is 0.214. The van der Waals surface area contributed by atoms with E-state index in [1.165, 1.54) is 0 Å². The fourth-order valence-corrected chi connectivity index (χ4v) is 2.10. The maximum atomic E-state index is 5.92. The molecular weight excluding hydrogens is 254 g/mol. The maximum absolute atomic E-state index is 5.92. The summed E-state index contributed by atoms with van der Waals surface area (Å²) in [4.78, 5) is 8.47. The highest BCUT2D eigenvalue weighted by Gasteiger charge is 2.05. The Hall–Kier alpha value is -2.63. The van der Waals surface area contributed by atoms with Crippen molar-refractivity contribution in [2.45, 2.75) is 13.3 Å². The first-order chi connectivity index (χ1) is 9.74. The van der Waals surface area contributed by atoms with Gasteiger partial charge in [0, 0.05) is 37.2 Å². The lowest BCUT2D eigenvalue weighted by atomic mass is 10.1. The summed E-state index contributed by atoms with van der Waals surface area (Å²) in [6.07, 6.45) is 2.44. The Kier molecular flexibility index (Phi) is 3.20. The number of hydrogen-bond acceptors (Lipinski definition) is 6. The number of nitrogens with one attached hydrogen (secondary N) is 1. The first-order valence-electron chi connectivity index (χ1n) is 6.40. The van der Waals surface area contributed by atoms with Crippen LogP contribution in [0.3, 0.4) is 0 Å². The molecule has 0 amide bonds. The highest BCUT2D eigenvalue weighted by molar-refractivity contribution is 5.98. The van der Waals surface area contributed by atoms with E-state index in [0.717, 1.165) is 16.6 Å². The first-order valence-corrected chi connectivity index (χ1v) is 6.40. The van der Waals surface area contributed by atoms with Crippen LogP contribution in [0.25, 0.3) is 10.9 Å². The quantitative estimate of drug-likeness (QED) is 0.705. The van der Waals surface area contributed by atoms with Crippen LogP contribution >= 0.6 is 0 Å². The predicted molar refractivity (Wildman–Crippen MR) is 77.4 cm³/mol. The Balaban J connectivity index is 1.76. The minimum atomic E-state index is 0.585. The minimum absolute atomic E-state index is 0.585. The normalized spacial score (nSPS) is 10.8. The van der Waals surface area contributed by atoms with Crippen molar-refractivity contribution in [1.82, 2.24) is 15.1 Å². The van der Waals surface area contributed by atoms with Crippen LogP contribution in [0.15, 0.2) is 35.0 Å². The average Bonchev–Trinajstić information content (AvgIpc) is 2.87. The lowest BCUT2D eigenvalue weighted by molar-refractivity contribution is 0.387. The molecule has 0 aliphatic heterocycles. The van der Waals surface area contributed by atoms with Crippen molar-refractivity contribution in [2.24, 2.45) is 0 Å². The minimum Gasteiger partial charge on any atom is -0.397 e. The van der Waals surface area contributed by atoms with Crippen LogP contribution in [0.5, 0.6) is 0 Å². The van der Waals surface area contributed by atoms with Crippen molar-refractivity contribution in [2.75, 3.05) is 17.6 Å². The van der Waals surface area contributed by atoms with Crippen molar-refractivity contribution in [3.8, 4) is 0 Å². The molecule has 3 rings (SSSR count). The third-order valence-electron chi connectivity index (χ3n) is 3.03. The van der Waals surface area contributed by atoms with Crippen LogP contribution in [0.4, 0.5) is 11.4 Å². The second-order valence-electron chi connectivity index (χ2n) is 4.51. The van der Waals surface area contributed by atoms with Gasteiger partial charge < -0.3 is 15.6 Å². The van der Waals surface area contributed by atoms with Gasteiger partial charge in [0.05, 0.1) is 11.2 Å². The lowest BCUT2D eigenvalue weighted by Crippen LogP contribution is -2.07. The Morgan fingerprint density at radius 3 is 3.00 bits per heavy atom. The molecule has 0 unspecified atom stereocenters. The average molecular weight is 269 g/mol. The summed E-state index contributed by atoms with van der Waals surface area (Å²) in [5.74, 6) is 1.29. The molecule has 20 heavy (non-hydrogen) atoms. The molecule has 1 aromatic carbocycles. The van der Waals surface area contributed by atoms with Gasteiger partial charge in [0.25, 0.3) is 0 Å². The molecule has 0 fully saturated rings. The van der Waals surface area contributed by atoms with Crippen LogP contribution in [0.1, 0.15) is 11.7 Å². The smallest absolute Gasteiger partial charge is 0.223 e. The number of aryl methyl sites for hydroxylation is 1. The molecular formula is C14H15N5O. The fourth-order valence-electron chi connectivity index (χ4n) is 2.10. The van der Waals surface area contributed by atoms with Gasteiger partial charge >= 0.3 is 0 Å². The number of rotatable bonds is 4. The standard InChI is InChI=1S/C14H15N5O/c1-9-18-13(19-20-9)6-8-16-12-5-4-11(15)14-10(12)3-2-7-17-14/h2-5,7,16H,6,8,15H2,1H3. The van der Waals surface area contributed by atoms with Gasteiger partial charge in [-0.2, -0.15) is 4.98 Å². The molecule has 6 heteroatoms.